The molecule has 1 heterocycles. The van der Waals surface area contributed by atoms with Crippen LogP contribution in [0.3, 0.4) is 0 Å². The van der Waals surface area contributed by atoms with Crippen LogP contribution >= 0.6 is 11.3 Å². The van der Waals surface area contributed by atoms with Gasteiger partial charge < -0.3 is 10.6 Å². The maximum absolute atomic E-state index is 13.9. The van der Waals surface area contributed by atoms with E-state index in [1.807, 2.05) is 6.07 Å². The van der Waals surface area contributed by atoms with E-state index in [0.29, 0.717) is 23.6 Å². The first-order valence-corrected chi connectivity index (χ1v) is 8.54. The van der Waals surface area contributed by atoms with Crippen molar-refractivity contribution < 1.29 is 4.39 Å². The van der Waals surface area contributed by atoms with Gasteiger partial charge in [0.05, 0.1) is 11.6 Å². The molecule has 4 nitrogen and oxygen atoms in total. The average Bonchev–Trinajstić information content (AvgIpc) is 2.96. The molecule has 1 atom stereocenters. The highest BCUT2D eigenvalue weighted by molar-refractivity contribution is 7.11. The Bertz CT molecular complexity index is 761. The van der Waals surface area contributed by atoms with Gasteiger partial charge in [-0.3, -0.25) is 4.99 Å². The van der Waals surface area contributed by atoms with Gasteiger partial charge in [0, 0.05) is 41.4 Å². The van der Waals surface area contributed by atoms with E-state index < -0.39 is 0 Å². The highest BCUT2D eigenvalue weighted by Crippen LogP contribution is 2.16. The first-order chi connectivity index (χ1) is 11.5. The predicted octanol–water partition coefficient (Wildman–Crippen LogP) is 3.36. The molecule has 0 aliphatic carbocycles. The summed E-state index contributed by atoms with van der Waals surface area (Å²) in [6.07, 6.45) is 0.907. The van der Waals surface area contributed by atoms with Gasteiger partial charge in [-0.15, -0.1) is 11.3 Å². The molecule has 0 aliphatic rings. The van der Waals surface area contributed by atoms with E-state index in [1.54, 1.807) is 30.5 Å². The van der Waals surface area contributed by atoms with Gasteiger partial charge in [-0.05, 0) is 38.1 Å². The Morgan fingerprint density at radius 3 is 2.75 bits per heavy atom. The summed E-state index contributed by atoms with van der Waals surface area (Å²) in [6.45, 7) is 4.49. The highest BCUT2D eigenvalue weighted by Gasteiger charge is 2.09. The lowest BCUT2D eigenvalue weighted by atomic mass is 10.1. The molecule has 0 spiro atoms. The quantitative estimate of drug-likeness (QED) is 0.646. The van der Waals surface area contributed by atoms with Crippen molar-refractivity contribution in [3.8, 4) is 6.07 Å². The second-order valence-electron chi connectivity index (χ2n) is 5.61. The van der Waals surface area contributed by atoms with Crippen LogP contribution in [0.4, 0.5) is 4.39 Å². The molecule has 1 unspecified atom stereocenters. The number of nitriles is 1. The van der Waals surface area contributed by atoms with Gasteiger partial charge in [0.2, 0.25) is 0 Å². The lowest BCUT2D eigenvalue weighted by Crippen LogP contribution is -2.42. The van der Waals surface area contributed by atoms with Crippen molar-refractivity contribution in [1.29, 1.82) is 5.26 Å². The van der Waals surface area contributed by atoms with Crippen LogP contribution in [0.15, 0.2) is 35.3 Å². The molecule has 0 saturated carbocycles. The van der Waals surface area contributed by atoms with Crippen LogP contribution in [0.2, 0.25) is 0 Å². The molecule has 126 valence electrons. The van der Waals surface area contributed by atoms with E-state index in [1.165, 1.54) is 15.8 Å². The minimum atomic E-state index is -0.390. The molecular weight excluding hydrogens is 323 g/mol. The third kappa shape index (κ3) is 5.07. The maximum Gasteiger partial charge on any atom is 0.191 e. The average molecular weight is 344 g/mol. The van der Waals surface area contributed by atoms with Crippen LogP contribution in [-0.4, -0.2) is 19.0 Å². The number of nitrogens with zero attached hydrogens (tertiary/aromatic N) is 2. The minimum Gasteiger partial charge on any atom is -0.354 e. The number of halogens is 1. The Hall–Kier alpha value is -2.39. The summed E-state index contributed by atoms with van der Waals surface area (Å²) >= 11 is 1.79. The fourth-order valence-electron chi connectivity index (χ4n) is 2.31. The first kappa shape index (κ1) is 18.0. The van der Waals surface area contributed by atoms with Gasteiger partial charge in [-0.2, -0.15) is 5.26 Å². The largest absolute Gasteiger partial charge is 0.354 e. The van der Waals surface area contributed by atoms with E-state index >= 15 is 0 Å². The van der Waals surface area contributed by atoms with Crippen molar-refractivity contribution in [2.45, 2.75) is 32.9 Å². The molecule has 0 saturated heterocycles. The van der Waals surface area contributed by atoms with Crippen LogP contribution in [0.5, 0.6) is 0 Å². The van der Waals surface area contributed by atoms with E-state index in [9.17, 15) is 4.39 Å². The highest BCUT2D eigenvalue weighted by atomic mass is 32.1. The zero-order valence-corrected chi connectivity index (χ0v) is 14.9. The standard InChI is InChI=1S/C18H21FN4S/c1-12(8-16-7-4-13(2)24-16)23-18(21-3)22-11-15-6-5-14(10-20)9-17(15)19/h4-7,9,12H,8,11H2,1-3H3,(H2,21,22,23). The zero-order valence-electron chi connectivity index (χ0n) is 14.1. The smallest absolute Gasteiger partial charge is 0.191 e. The summed E-state index contributed by atoms with van der Waals surface area (Å²) < 4.78 is 13.9. The van der Waals surface area contributed by atoms with E-state index in [0.717, 1.165) is 6.42 Å². The van der Waals surface area contributed by atoms with Crippen molar-refractivity contribution >= 4 is 17.3 Å². The van der Waals surface area contributed by atoms with Crippen molar-refractivity contribution in [2.75, 3.05) is 7.05 Å². The number of nitrogens with one attached hydrogen (secondary N) is 2. The van der Waals surface area contributed by atoms with Gasteiger partial charge in [0.25, 0.3) is 0 Å². The van der Waals surface area contributed by atoms with Gasteiger partial charge in [-0.1, -0.05) is 6.07 Å². The molecule has 0 fully saturated rings. The summed E-state index contributed by atoms with van der Waals surface area (Å²) in [7, 11) is 1.69. The molecule has 1 aromatic heterocycles. The second-order valence-corrected chi connectivity index (χ2v) is 6.98. The van der Waals surface area contributed by atoms with Gasteiger partial charge >= 0.3 is 0 Å². The molecule has 0 aliphatic heterocycles. The van der Waals surface area contributed by atoms with E-state index in [4.69, 9.17) is 5.26 Å². The van der Waals surface area contributed by atoms with Gasteiger partial charge in [0.1, 0.15) is 5.82 Å². The third-order valence-corrected chi connectivity index (χ3v) is 4.56. The zero-order chi connectivity index (χ0) is 17.5. The Labute approximate surface area is 146 Å². The number of hydrogen-bond donors (Lipinski definition) is 2. The monoisotopic (exact) mass is 344 g/mol. The van der Waals surface area contributed by atoms with Crippen LogP contribution in [0, 0.1) is 24.1 Å². The molecule has 2 aromatic rings. The molecule has 0 radical (unpaired) electrons. The Morgan fingerprint density at radius 1 is 1.38 bits per heavy atom. The number of hydrogen-bond acceptors (Lipinski definition) is 3. The molecule has 2 N–H and O–H groups in total. The summed E-state index contributed by atoms with van der Waals surface area (Å²) in [4.78, 5) is 6.80. The fourth-order valence-corrected chi connectivity index (χ4v) is 3.33. The lowest BCUT2D eigenvalue weighted by Gasteiger charge is -2.17. The van der Waals surface area contributed by atoms with E-state index in [2.05, 4.69) is 41.6 Å². The molecule has 0 amide bonds. The second kappa shape index (κ2) is 8.46. The number of thiophene rings is 1. The Morgan fingerprint density at radius 2 is 2.17 bits per heavy atom. The van der Waals surface area contributed by atoms with Crippen molar-refractivity contribution in [3.63, 3.8) is 0 Å². The van der Waals surface area contributed by atoms with Crippen molar-refractivity contribution in [1.82, 2.24) is 10.6 Å². The summed E-state index contributed by atoms with van der Waals surface area (Å²) in [6, 6.07) is 10.9. The van der Waals surface area contributed by atoms with Crippen LogP contribution < -0.4 is 10.6 Å². The van der Waals surface area contributed by atoms with Crippen LogP contribution in [0.25, 0.3) is 0 Å². The molecule has 0 bridgehead atoms. The number of guanidine groups is 1. The van der Waals surface area contributed by atoms with Gasteiger partial charge in [0.15, 0.2) is 5.96 Å². The van der Waals surface area contributed by atoms with Crippen molar-refractivity contribution in [2.24, 2.45) is 4.99 Å². The summed E-state index contributed by atoms with van der Waals surface area (Å²) in [5.74, 6) is 0.235. The SMILES string of the molecule is CN=C(NCc1ccc(C#N)cc1F)NC(C)Cc1ccc(C)s1. The third-order valence-electron chi connectivity index (χ3n) is 3.54. The number of rotatable bonds is 5. The Kier molecular flexibility index (Phi) is 6.33. The lowest BCUT2D eigenvalue weighted by molar-refractivity contribution is 0.600. The Balaban J connectivity index is 1.89. The molecule has 24 heavy (non-hydrogen) atoms. The van der Waals surface area contributed by atoms with Crippen molar-refractivity contribution in [3.05, 3.63) is 57.0 Å². The van der Waals surface area contributed by atoms with Crippen LogP contribution in [-0.2, 0) is 13.0 Å². The number of benzene rings is 1. The molecule has 6 heteroatoms. The number of aliphatic imine (C=N–C) groups is 1. The number of aryl methyl sites for hydroxylation is 1. The maximum atomic E-state index is 13.9. The van der Waals surface area contributed by atoms with Crippen LogP contribution in [0.1, 0.15) is 27.8 Å². The molecular formula is C18H21FN4S. The summed E-state index contributed by atoms with van der Waals surface area (Å²) in [5, 5.41) is 15.2. The molecule has 1 aromatic carbocycles. The normalized spacial score (nSPS) is 12.5. The first-order valence-electron chi connectivity index (χ1n) is 7.73. The topological polar surface area (TPSA) is 60.2 Å². The van der Waals surface area contributed by atoms with E-state index in [-0.39, 0.29) is 11.9 Å². The predicted molar refractivity (Wildman–Crippen MR) is 96.7 cm³/mol. The summed E-state index contributed by atoms with van der Waals surface area (Å²) in [5.41, 5.74) is 0.817. The minimum absolute atomic E-state index is 0.208. The molecule has 2 rings (SSSR count). The fraction of sp³-hybridized carbons (Fsp3) is 0.333. The van der Waals surface area contributed by atoms with Gasteiger partial charge in [-0.25, -0.2) is 4.39 Å².